The van der Waals surface area contributed by atoms with Gasteiger partial charge in [-0.1, -0.05) is 5.16 Å². The standard InChI is InChI=1S/C12H18N4O4S/c1-12(2,3)14-6-9-4-5-11(20-9)21(17,18)15-7-10-13-8-19-16-10/h4-5,8,14-15H,6-7H2,1-3H3. The van der Waals surface area contributed by atoms with Gasteiger partial charge in [0.25, 0.3) is 10.0 Å². The number of hydrogen-bond donors (Lipinski definition) is 2. The largest absolute Gasteiger partial charge is 0.447 e. The van der Waals surface area contributed by atoms with Crippen molar-refractivity contribution in [3.8, 4) is 0 Å². The molecule has 0 aliphatic carbocycles. The quantitative estimate of drug-likeness (QED) is 0.819. The molecule has 0 aliphatic rings. The maximum Gasteiger partial charge on any atom is 0.274 e. The average molecular weight is 314 g/mol. The Morgan fingerprint density at radius 1 is 1.24 bits per heavy atom. The van der Waals surface area contributed by atoms with E-state index in [-0.39, 0.29) is 23.0 Å². The van der Waals surface area contributed by atoms with Crippen LogP contribution in [0.2, 0.25) is 0 Å². The van der Waals surface area contributed by atoms with E-state index in [1.54, 1.807) is 6.07 Å². The topological polar surface area (TPSA) is 110 Å². The summed E-state index contributed by atoms with van der Waals surface area (Å²) in [6.45, 7) is 6.43. The molecule has 9 heteroatoms. The lowest BCUT2D eigenvalue weighted by molar-refractivity contribution is 0.359. The molecule has 2 aromatic rings. The molecule has 0 unspecified atom stereocenters. The number of nitrogens with zero attached hydrogens (tertiary/aromatic N) is 2. The van der Waals surface area contributed by atoms with E-state index in [0.717, 1.165) is 6.39 Å². The lowest BCUT2D eigenvalue weighted by Gasteiger charge is -2.19. The molecule has 2 N–H and O–H groups in total. The molecular weight excluding hydrogens is 296 g/mol. The summed E-state index contributed by atoms with van der Waals surface area (Å²) in [4.78, 5) is 3.73. The van der Waals surface area contributed by atoms with Gasteiger partial charge in [-0.15, -0.1) is 0 Å². The van der Waals surface area contributed by atoms with E-state index >= 15 is 0 Å². The third-order valence-corrected chi connectivity index (χ3v) is 3.80. The number of nitrogens with one attached hydrogen (secondary N) is 2. The summed E-state index contributed by atoms with van der Waals surface area (Å²) in [5, 5.41) is 6.59. The fourth-order valence-electron chi connectivity index (χ4n) is 1.45. The minimum Gasteiger partial charge on any atom is -0.447 e. The van der Waals surface area contributed by atoms with E-state index in [0.29, 0.717) is 12.3 Å². The first-order chi connectivity index (χ1) is 9.76. The van der Waals surface area contributed by atoms with Gasteiger partial charge in [0.05, 0.1) is 13.1 Å². The lowest BCUT2D eigenvalue weighted by atomic mass is 10.1. The van der Waals surface area contributed by atoms with E-state index in [2.05, 4.69) is 24.7 Å². The second kappa shape index (κ2) is 5.96. The predicted molar refractivity (Wildman–Crippen MR) is 73.6 cm³/mol. The van der Waals surface area contributed by atoms with Gasteiger partial charge < -0.3 is 14.3 Å². The average Bonchev–Trinajstić information content (AvgIpc) is 3.05. The van der Waals surface area contributed by atoms with Gasteiger partial charge in [-0.05, 0) is 32.9 Å². The molecule has 0 bridgehead atoms. The van der Waals surface area contributed by atoms with Crippen LogP contribution in [0.25, 0.3) is 0 Å². The van der Waals surface area contributed by atoms with Crippen molar-refractivity contribution in [2.24, 2.45) is 0 Å². The maximum absolute atomic E-state index is 12.0. The molecule has 21 heavy (non-hydrogen) atoms. The first-order valence-electron chi connectivity index (χ1n) is 6.35. The van der Waals surface area contributed by atoms with Gasteiger partial charge in [0.15, 0.2) is 5.82 Å². The molecule has 0 aromatic carbocycles. The van der Waals surface area contributed by atoms with Crippen LogP contribution in [-0.4, -0.2) is 24.1 Å². The molecule has 8 nitrogen and oxygen atoms in total. The van der Waals surface area contributed by atoms with Gasteiger partial charge in [0.1, 0.15) is 5.76 Å². The molecular formula is C12H18N4O4S. The van der Waals surface area contributed by atoms with Crippen LogP contribution in [0.4, 0.5) is 0 Å². The number of sulfonamides is 1. The van der Waals surface area contributed by atoms with Crippen LogP contribution in [0.5, 0.6) is 0 Å². The van der Waals surface area contributed by atoms with Gasteiger partial charge in [0, 0.05) is 5.54 Å². The molecule has 2 rings (SSSR count). The van der Waals surface area contributed by atoms with Crippen LogP contribution in [0.1, 0.15) is 32.4 Å². The highest BCUT2D eigenvalue weighted by molar-refractivity contribution is 7.89. The summed E-state index contributed by atoms with van der Waals surface area (Å²) >= 11 is 0. The van der Waals surface area contributed by atoms with Crippen molar-refractivity contribution >= 4 is 10.0 Å². The van der Waals surface area contributed by atoms with Crippen molar-refractivity contribution < 1.29 is 17.4 Å². The number of aromatic nitrogens is 2. The summed E-state index contributed by atoms with van der Waals surface area (Å²) < 4.78 is 36.3. The third-order valence-electron chi connectivity index (χ3n) is 2.52. The Bertz CT molecular complexity index is 670. The van der Waals surface area contributed by atoms with Crippen molar-refractivity contribution in [1.29, 1.82) is 0 Å². The minimum absolute atomic E-state index is 0.0604. The van der Waals surface area contributed by atoms with Crippen molar-refractivity contribution in [3.63, 3.8) is 0 Å². The molecule has 0 saturated carbocycles. The molecule has 116 valence electrons. The smallest absolute Gasteiger partial charge is 0.274 e. The zero-order valence-electron chi connectivity index (χ0n) is 12.1. The Morgan fingerprint density at radius 3 is 2.62 bits per heavy atom. The van der Waals surface area contributed by atoms with Gasteiger partial charge in [-0.3, -0.25) is 0 Å². The molecule has 0 fully saturated rings. The molecule has 0 aliphatic heterocycles. The fourth-order valence-corrected chi connectivity index (χ4v) is 2.38. The van der Waals surface area contributed by atoms with Crippen molar-refractivity contribution in [2.45, 2.75) is 44.5 Å². The van der Waals surface area contributed by atoms with Gasteiger partial charge in [0.2, 0.25) is 11.5 Å². The number of hydrogen-bond acceptors (Lipinski definition) is 7. The first-order valence-corrected chi connectivity index (χ1v) is 7.83. The zero-order chi connectivity index (χ0) is 15.5. The second-order valence-electron chi connectivity index (χ2n) is 5.50. The first kappa shape index (κ1) is 15.7. The SMILES string of the molecule is CC(C)(C)NCc1ccc(S(=O)(=O)NCc2ncon2)o1. The summed E-state index contributed by atoms with van der Waals surface area (Å²) in [6, 6.07) is 3.04. The lowest BCUT2D eigenvalue weighted by Crippen LogP contribution is -2.34. The Kier molecular flexibility index (Phi) is 4.45. The summed E-state index contributed by atoms with van der Waals surface area (Å²) in [7, 11) is -3.74. The Balaban J connectivity index is 1.98. The summed E-state index contributed by atoms with van der Waals surface area (Å²) in [6.07, 6.45) is 1.13. The van der Waals surface area contributed by atoms with Crippen molar-refractivity contribution in [1.82, 2.24) is 20.2 Å². The minimum atomic E-state index is -3.74. The maximum atomic E-state index is 12.0. The Hall–Kier alpha value is -1.71. The monoisotopic (exact) mass is 314 g/mol. The second-order valence-corrected chi connectivity index (χ2v) is 7.19. The van der Waals surface area contributed by atoms with Crippen LogP contribution in [0.3, 0.4) is 0 Å². The van der Waals surface area contributed by atoms with Gasteiger partial charge in [-0.2, -0.15) is 4.98 Å². The van der Waals surface area contributed by atoms with Crippen LogP contribution >= 0.6 is 0 Å². The van der Waals surface area contributed by atoms with E-state index in [9.17, 15) is 8.42 Å². The molecule has 0 atom stereocenters. The molecule has 0 radical (unpaired) electrons. The summed E-state index contributed by atoms with van der Waals surface area (Å²) in [5.41, 5.74) is -0.0807. The van der Waals surface area contributed by atoms with Crippen LogP contribution in [-0.2, 0) is 23.1 Å². The van der Waals surface area contributed by atoms with Gasteiger partial charge >= 0.3 is 0 Å². The highest BCUT2D eigenvalue weighted by atomic mass is 32.2. The third kappa shape index (κ3) is 4.66. The van der Waals surface area contributed by atoms with E-state index in [4.69, 9.17) is 4.42 Å². The molecule has 2 aromatic heterocycles. The summed E-state index contributed by atoms with van der Waals surface area (Å²) in [5.74, 6) is 0.796. The number of furan rings is 1. The number of rotatable bonds is 6. The van der Waals surface area contributed by atoms with E-state index in [1.807, 2.05) is 20.8 Å². The highest BCUT2D eigenvalue weighted by Crippen LogP contribution is 2.15. The fraction of sp³-hybridized carbons (Fsp3) is 0.500. The van der Waals surface area contributed by atoms with Crippen LogP contribution in [0.15, 0.2) is 32.6 Å². The molecule has 0 amide bonds. The van der Waals surface area contributed by atoms with E-state index in [1.165, 1.54) is 6.07 Å². The van der Waals surface area contributed by atoms with Crippen molar-refractivity contribution in [2.75, 3.05) is 0 Å². The highest BCUT2D eigenvalue weighted by Gasteiger charge is 2.20. The zero-order valence-corrected chi connectivity index (χ0v) is 12.9. The Labute approximate surface area is 123 Å². The van der Waals surface area contributed by atoms with E-state index < -0.39 is 10.0 Å². The van der Waals surface area contributed by atoms with Gasteiger partial charge in [-0.25, -0.2) is 13.1 Å². The predicted octanol–water partition coefficient (Wildman–Crippen LogP) is 1.03. The normalized spacial score (nSPS) is 12.7. The van der Waals surface area contributed by atoms with Crippen LogP contribution in [0, 0.1) is 0 Å². The van der Waals surface area contributed by atoms with Crippen LogP contribution < -0.4 is 10.0 Å². The molecule has 0 spiro atoms. The molecule has 2 heterocycles. The molecule has 0 saturated heterocycles. The Morgan fingerprint density at radius 2 is 2.00 bits per heavy atom. The van der Waals surface area contributed by atoms with Crippen molar-refractivity contribution in [3.05, 3.63) is 30.1 Å².